The fourth-order valence-electron chi connectivity index (χ4n) is 2.98. The maximum absolute atomic E-state index is 13.0. The molecule has 0 aromatic carbocycles. The van der Waals surface area contributed by atoms with Crippen LogP contribution in [0.3, 0.4) is 0 Å². The zero-order valence-corrected chi connectivity index (χ0v) is 7.65. The average molecular weight is 156 g/mol. The summed E-state index contributed by atoms with van der Waals surface area (Å²) in [7, 11) is 0. The lowest BCUT2D eigenvalue weighted by Crippen LogP contribution is -2.67. The second-order valence-electron chi connectivity index (χ2n) is 5.03. The maximum atomic E-state index is 13.0. The van der Waals surface area contributed by atoms with Crippen LogP contribution in [0.4, 0.5) is 4.39 Å². The van der Waals surface area contributed by atoms with Gasteiger partial charge in [-0.25, -0.2) is 4.39 Å². The molecule has 3 fully saturated rings. The summed E-state index contributed by atoms with van der Waals surface area (Å²) in [5, 5.41) is 0. The Morgan fingerprint density at radius 2 is 1.45 bits per heavy atom. The molecule has 64 valence electrons. The van der Waals surface area contributed by atoms with Crippen molar-refractivity contribution in [2.45, 2.75) is 46.2 Å². The van der Waals surface area contributed by atoms with Gasteiger partial charge in [0.25, 0.3) is 0 Å². The summed E-state index contributed by atoms with van der Waals surface area (Å²) in [4.78, 5) is 0. The third-order valence-corrected chi connectivity index (χ3v) is 4.18. The van der Waals surface area contributed by atoms with E-state index >= 15 is 0 Å². The molecule has 0 amide bonds. The van der Waals surface area contributed by atoms with Crippen molar-refractivity contribution < 1.29 is 4.39 Å². The van der Waals surface area contributed by atoms with Gasteiger partial charge >= 0.3 is 0 Å². The Morgan fingerprint density at radius 3 is 1.73 bits per heavy atom. The monoisotopic (exact) mass is 156 g/mol. The molecule has 1 atom stereocenters. The van der Waals surface area contributed by atoms with Gasteiger partial charge < -0.3 is 0 Å². The molecule has 0 radical (unpaired) electrons. The van der Waals surface area contributed by atoms with Crippen molar-refractivity contribution in [1.82, 2.24) is 0 Å². The van der Waals surface area contributed by atoms with Crippen molar-refractivity contribution in [3.8, 4) is 0 Å². The zero-order chi connectivity index (χ0) is 8.28. The van der Waals surface area contributed by atoms with Gasteiger partial charge in [-0.1, -0.05) is 13.8 Å². The number of alkyl halides is 1. The first kappa shape index (κ1) is 7.57. The van der Waals surface area contributed by atoms with Gasteiger partial charge in [-0.3, -0.25) is 0 Å². The maximum Gasteiger partial charge on any atom is 0.103 e. The minimum absolute atomic E-state index is 0.143. The van der Waals surface area contributed by atoms with Gasteiger partial charge in [-0.05, 0) is 37.5 Å². The summed E-state index contributed by atoms with van der Waals surface area (Å²) in [6.45, 7) is 6.27. The van der Waals surface area contributed by atoms with Crippen molar-refractivity contribution >= 4 is 0 Å². The lowest BCUT2D eigenvalue weighted by Gasteiger charge is -2.73. The quantitative estimate of drug-likeness (QED) is 0.576. The second kappa shape index (κ2) is 1.81. The topological polar surface area (TPSA) is 0 Å². The predicted molar refractivity (Wildman–Crippen MR) is 44.1 cm³/mol. The lowest BCUT2D eigenvalue weighted by molar-refractivity contribution is -0.256. The highest BCUT2D eigenvalue weighted by Gasteiger charge is 2.70. The summed E-state index contributed by atoms with van der Waals surface area (Å²) >= 11 is 0. The second-order valence-corrected chi connectivity index (χ2v) is 5.03. The highest BCUT2D eigenvalue weighted by atomic mass is 19.1. The first-order chi connectivity index (χ1) is 5.01. The molecule has 3 saturated carbocycles. The Labute approximate surface area is 68.2 Å². The van der Waals surface area contributed by atoms with E-state index in [-0.39, 0.29) is 5.41 Å². The summed E-state index contributed by atoms with van der Waals surface area (Å²) in [6, 6.07) is 0. The highest BCUT2D eigenvalue weighted by molar-refractivity contribution is 5.19. The van der Waals surface area contributed by atoms with Crippen LogP contribution in [0, 0.1) is 16.7 Å². The van der Waals surface area contributed by atoms with Crippen LogP contribution in [0.5, 0.6) is 0 Å². The van der Waals surface area contributed by atoms with E-state index < -0.39 is 6.17 Å². The van der Waals surface area contributed by atoms with E-state index in [4.69, 9.17) is 0 Å². The van der Waals surface area contributed by atoms with Crippen molar-refractivity contribution in [3.05, 3.63) is 0 Å². The summed E-state index contributed by atoms with van der Waals surface area (Å²) < 4.78 is 13.0. The number of hydrogen-bond acceptors (Lipinski definition) is 0. The molecule has 0 N–H and O–H groups in total. The molecule has 0 aromatic rings. The molecule has 0 aliphatic heterocycles. The predicted octanol–water partition coefficient (Wildman–Crippen LogP) is 3.17. The SMILES string of the molecule is CC(C)C12CC(C(C)F)(C1)C2. The van der Waals surface area contributed by atoms with Gasteiger partial charge in [0.05, 0.1) is 0 Å². The molecule has 3 rings (SSSR count). The molecule has 0 aromatic heterocycles. The Kier molecular flexibility index (Phi) is 1.24. The minimum Gasteiger partial charge on any atom is -0.247 e. The summed E-state index contributed by atoms with van der Waals surface area (Å²) in [5.41, 5.74) is 0.713. The molecule has 11 heavy (non-hydrogen) atoms. The van der Waals surface area contributed by atoms with Crippen LogP contribution in [0.25, 0.3) is 0 Å². The van der Waals surface area contributed by atoms with Crippen LogP contribution in [0.2, 0.25) is 0 Å². The van der Waals surface area contributed by atoms with Gasteiger partial charge in [-0.15, -0.1) is 0 Å². The van der Waals surface area contributed by atoms with E-state index in [1.165, 1.54) is 0 Å². The van der Waals surface area contributed by atoms with E-state index in [9.17, 15) is 4.39 Å². The fourth-order valence-corrected chi connectivity index (χ4v) is 2.98. The minimum atomic E-state index is -0.567. The van der Waals surface area contributed by atoms with Crippen molar-refractivity contribution in [2.75, 3.05) is 0 Å². The molecule has 0 heterocycles. The molecule has 1 heteroatoms. The van der Waals surface area contributed by atoms with E-state index in [0.717, 1.165) is 25.2 Å². The third kappa shape index (κ3) is 0.697. The highest BCUT2D eigenvalue weighted by Crippen LogP contribution is 2.77. The van der Waals surface area contributed by atoms with Crippen LogP contribution in [-0.2, 0) is 0 Å². The zero-order valence-electron chi connectivity index (χ0n) is 7.65. The molecule has 3 aliphatic carbocycles. The third-order valence-electron chi connectivity index (χ3n) is 4.18. The Morgan fingerprint density at radius 1 is 1.00 bits per heavy atom. The number of hydrogen-bond donors (Lipinski definition) is 0. The van der Waals surface area contributed by atoms with Crippen molar-refractivity contribution in [1.29, 1.82) is 0 Å². The summed E-state index contributed by atoms with van der Waals surface area (Å²) in [5.74, 6) is 0.767. The van der Waals surface area contributed by atoms with Crippen LogP contribution in [0.15, 0.2) is 0 Å². The molecule has 0 nitrogen and oxygen atoms in total. The average Bonchev–Trinajstić information content (AvgIpc) is 1.51. The van der Waals surface area contributed by atoms with Gasteiger partial charge in [0.2, 0.25) is 0 Å². The molecule has 0 spiro atoms. The van der Waals surface area contributed by atoms with Crippen LogP contribution in [-0.4, -0.2) is 6.17 Å². The number of rotatable bonds is 2. The van der Waals surface area contributed by atoms with Gasteiger partial charge in [0.1, 0.15) is 6.17 Å². The van der Waals surface area contributed by atoms with Crippen LogP contribution < -0.4 is 0 Å². The van der Waals surface area contributed by atoms with Crippen molar-refractivity contribution in [2.24, 2.45) is 16.7 Å². The Balaban J connectivity index is 1.99. The first-order valence-corrected chi connectivity index (χ1v) is 4.65. The summed E-state index contributed by atoms with van der Waals surface area (Å²) in [6.07, 6.45) is 2.92. The van der Waals surface area contributed by atoms with E-state index in [1.807, 2.05) is 0 Å². The molecule has 3 aliphatic rings. The van der Waals surface area contributed by atoms with E-state index in [1.54, 1.807) is 6.92 Å². The largest absolute Gasteiger partial charge is 0.247 e. The molecular formula is C10H17F. The van der Waals surface area contributed by atoms with Gasteiger partial charge in [0, 0.05) is 5.41 Å². The smallest absolute Gasteiger partial charge is 0.103 e. The first-order valence-electron chi connectivity index (χ1n) is 4.65. The fraction of sp³-hybridized carbons (Fsp3) is 1.00. The Bertz CT molecular complexity index is 144. The molecular weight excluding hydrogens is 139 g/mol. The lowest BCUT2D eigenvalue weighted by atomic mass is 9.31. The molecule has 0 saturated heterocycles. The standard InChI is InChI=1S/C10H17F/c1-7(2)9-4-10(5-9,6-9)8(3)11/h7-8H,4-6H2,1-3H3. The van der Waals surface area contributed by atoms with E-state index in [0.29, 0.717) is 5.41 Å². The van der Waals surface area contributed by atoms with Crippen LogP contribution in [0.1, 0.15) is 40.0 Å². The van der Waals surface area contributed by atoms with E-state index in [2.05, 4.69) is 13.8 Å². The van der Waals surface area contributed by atoms with Gasteiger partial charge in [-0.2, -0.15) is 0 Å². The normalized spacial score (nSPS) is 49.9. The Hall–Kier alpha value is -0.0700. The van der Waals surface area contributed by atoms with Crippen molar-refractivity contribution in [3.63, 3.8) is 0 Å². The molecule has 1 unspecified atom stereocenters. The number of halogens is 1. The molecule has 2 bridgehead atoms. The van der Waals surface area contributed by atoms with Gasteiger partial charge in [0.15, 0.2) is 0 Å². The van der Waals surface area contributed by atoms with Crippen LogP contribution >= 0.6 is 0 Å².